The van der Waals surface area contributed by atoms with Gasteiger partial charge < -0.3 is 15.7 Å². The molecule has 2 rings (SSSR count). The Labute approximate surface area is 148 Å². The van der Waals surface area contributed by atoms with Crippen molar-refractivity contribution in [2.24, 2.45) is 0 Å². The van der Waals surface area contributed by atoms with Crippen molar-refractivity contribution in [1.82, 2.24) is 5.32 Å². The van der Waals surface area contributed by atoms with Gasteiger partial charge in [0.25, 0.3) is 5.91 Å². The number of carboxylic acids is 1. The summed E-state index contributed by atoms with van der Waals surface area (Å²) in [6, 6.07) is 7.11. The van der Waals surface area contributed by atoms with Gasteiger partial charge in [-0.25, -0.2) is 0 Å². The summed E-state index contributed by atoms with van der Waals surface area (Å²) in [4.78, 5) is 34.4. The fourth-order valence-corrected chi connectivity index (χ4v) is 3.01. The van der Waals surface area contributed by atoms with Gasteiger partial charge in [-0.2, -0.15) is 0 Å². The van der Waals surface area contributed by atoms with Gasteiger partial charge in [-0.1, -0.05) is 19.3 Å². The second-order valence-electron chi connectivity index (χ2n) is 6.53. The van der Waals surface area contributed by atoms with Crippen molar-refractivity contribution in [2.45, 2.75) is 63.8 Å². The minimum atomic E-state index is -0.845. The number of carbonyl (C=O) groups is 3. The highest BCUT2D eigenvalue weighted by Crippen LogP contribution is 2.18. The van der Waals surface area contributed by atoms with Gasteiger partial charge in [-0.3, -0.25) is 14.4 Å². The zero-order valence-corrected chi connectivity index (χ0v) is 14.4. The summed E-state index contributed by atoms with van der Waals surface area (Å²) in [5.74, 6) is -1.06. The van der Waals surface area contributed by atoms with Gasteiger partial charge in [0.15, 0.2) is 0 Å². The van der Waals surface area contributed by atoms with Gasteiger partial charge in [0.2, 0.25) is 5.91 Å². The monoisotopic (exact) mass is 346 g/mol. The molecule has 136 valence electrons. The van der Waals surface area contributed by atoms with E-state index in [0.29, 0.717) is 24.1 Å². The number of carbonyl (C=O) groups excluding carboxylic acids is 2. The van der Waals surface area contributed by atoms with E-state index in [1.165, 1.54) is 19.3 Å². The first-order valence-corrected chi connectivity index (χ1v) is 8.97. The van der Waals surface area contributed by atoms with Crippen molar-refractivity contribution in [2.75, 3.05) is 5.32 Å². The molecule has 25 heavy (non-hydrogen) atoms. The van der Waals surface area contributed by atoms with Gasteiger partial charge in [-0.15, -0.1) is 0 Å². The predicted molar refractivity (Wildman–Crippen MR) is 95.5 cm³/mol. The molecule has 0 bridgehead atoms. The molecule has 1 aromatic rings. The van der Waals surface area contributed by atoms with Crippen LogP contribution in [-0.4, -0.2) is 28.9 Å². The SMILES string of the molecule is O=C(O)CCCCC(=O)Nc1ccc(C(=O)NC2CCCCC2)cc1. The Balaban J connectivity index is 1.75. The van der Waals surface area contributed by atoms with Gasteiger partial charge >= 0.3 is 5.97 Å². The van der Waals surface area contributed by atoms with Crippen molar-refractivity contribution < 1.29 is 19.5 Å². The van der Waals surface area contributed by atoms with Crippen LogP contribution in [0.15, 0.2) is 24.3 Å². The number of nitrogens with one attached hydrogen (secondary N) is 2. The summed E-state index contributed by atoms with van der Waals surface area (Å²) in [5, 5.41) is 14.4. The van der Waals surface area contributed by atoms with Crippen LogP contribution in [0.5, 0.6) is 0 Å². The molecule has 0 radical (unpaired) electrons. The number of rotatable bonds is 8. The first kappa shape index (κ1) is 19.0. The smallest absolute Gasteiger partial charge is 0.303 e. The topological polar surface area (TPSA) is 95.5 Å². The number of amides is 2. The molecule has 0 aliphatic heterocycles. The molecule has 0 spiro atoms. The standard InChI is InChI=1S/C19H26N2O4/c22-17(8-4-5-9-18(23)24)20-16-12-10-14(11-13-16)19(25)21-15-6-2-1-3-7-15/h10-13,15H,1-9H2,(H,20,22)(H,21,25)(H,23,24). The van der Waals surface area contributed by atoms with Crippen LogP contribution >= 0.6 is 0 Å². The number of unbranched alkanes of at least 4 members (excludes halogenated alkanes) is 1. The minimum absolute atomic E-state index is 0.0709. The Morgan fingerprint density at radius 2 is 1.60 bits per heavy atom. The van der Waals surface area contributed by atoms with Crippen LogP contribution in [0.1, 0.15) is 68.1 Å². The normalized spacial score (nSPS) is 14.7. The Morgan fingerprint density at radius 3 is 2.24 bits per heavy atom. The molecule has 1 aromatic carbocycles. The summed E-state index contributed by atoms with van der Waals surface area (Å²) in [5.41, 5.74) is 1.22. The molecule has 1 aliphatic rings. The Kier molecular flexibility index (Phi) is 7.44. The van der Waals surface area contributed by atoms with Crippen LogP contribution in [0.3, 0.4) is 0 Å². The maximum absolute atomic E-state index is 12.2. The van der Waals surface area contributed by atoms with Crippen molar-refractivity contribution in [3.8, 4) is 0 Å². The van der Waals surface area contributed by atoms with E-state index in [4.69, 9.17) is 5.11 Å². The summed E-state index contributed by atoms with van der Waals surface area (Å²) < 4.78 is 0. The van der Waals surface area contributed by atoms with E-state index in [2.05, 4.69) is 10.6 Å². The fourth-order valence-electron chi connectivity index (χ4n) is 3.01. The van der Waals surface area contributed by atoms with Crippen LogP contribution in [0.4, 0.5) is 5.69 Å². The Morgan fingerprint density at radius 1 is 0.960 bits per heavy atom. The van der Waals surface area contributed by atoms with E-state index in [0.717, 1.165) is 12.8 Å². The first-order valence-electron chi connectivity index (χ1n) is 8.97. The average molecular weight is 346 g/mol. The summed E-state index contributed by atoms with van der Waals surface area (Å²) in [7, 11) is 0. The molecule has 0 atom stereocenters. The van der Waals surface area contributed by atoms with Gasteiger partial charge in [0.05, 0.1) is 0 Å². The zero-order chi connectivity index (χ0) is 18.1. The lowest BCUT2D eigenvalue weighted by Gasteiger charge is -2.22. The van der Waals surface area contributed by atoms with E-state index in [1.807, 2.05) is 0 Å². The molecule has 0 aromatic heterocycles. The summed E-state index contributed by atoms with van der Waals surface area (Å²) >= 11 is 0. The number of carboxylic acid groups (broad SMARTS) is 1. The predicted octanol–water partition coefficient (Wildman–Crippen LogP) is 3.33. The second-order valence-corrected chi connectivity index (χ2v) is 6.53. The van der Waals surface area contributed by atoms with E-state index < -0.39 is 5.97 Å². The summed E-state index contributed by atoms with van der Waals surface area (Å²) in [6.45, 7) is 0. The van der Waals surface area contributed by atoms with Crippen molar-refractivity contribution >= 4 is 23.5 Å². The van der Waals surface area contributed by atoms with Gasteiger partial charge in [0.1, 0.15) is 0 Å². The maximum Gasteiger partial charge on any atom is 0.303 e. The molecular formula is C19H26N2O4. The quantitative estimate of drug-likeness (QED) is 0.629. The molecule has 0 heterocycles. The fraction of sp³-hybridized carbons (Fsp3) is 0.526. The highest BCUT2D eigenvalue weighted by atomic mass is 16.4. The molecule has 6 nitrogen and oxygen atoms in total. The van der Waals surface area contributed by atoms with Crippen molar-refractivity contribution in [3.05, 3.63) is 29.8 Å². The van der Waals surface area contributed by atoms with Crippen LogP contribution in [0.2, 0.25) is 0 Å². The molecule has 3 N–H and O–H groups in total. The highest BCUT2D eigenvalue weighted by Gasteiger charge is 2.16. The second kappa shape index (κ2) is 9.81. The van der Waals surface area contributed by atoms with Crippen LogP contribution in [0, 0.1) is 0 Å². The highest BCUT2D eigenvalue weighted by molar-refractivity contribution is 5.96. The van der Waals surface area contributed by atoms with E-state index in [-0.39, 0.29) is 30.7 Å². The largest absolute Gasteiger partial charge is 0.481 e. The molecule has 0 saturated heterocycles. The average Bonchev–Trinajstić information content (AvgIpc) is 2.60. The van der Waals surface area contributed by atoms with Gasteiger partial charge in [-0.05, 0) is 49.9 Å². The lowest BCUT2D eigenvalue weighted by molar-refractivity contribution is -0.137. The molecule has 1 fully saturated rings. The third-order valence-corrected chi connectivity index (χ3v) is 4.42. The van der Waals surface area contributed by atoms with Crippen LogP contribution in [-0.2, 0) is 9.59 Å². The third-order valence-electron chi connectivity index (χ3n) is 4.42. The summed E-state index contributed by atoms with van der Waals surface area (Å²) in [6.07, 6.45) is 7.07. The third kappa shape index (κ3) is 6.95. The lowest BCUT2D eigenvalue weighted by atomic mass is 9.95. The molecule has 6 heteroatoms. The number of anilines is 1. The van der Waals surface area contributed by atoms with E-state index in [1.54, 1.807) is 24.3 Å². The van der Waals surface area contributed by atoms with Crippen LogP contribution in [0.25, 0.3) is 0 Å². The molecular weight excluding hydrogens is 320 g/mol. The maximum atomic E-state index is 12.2. The molecule has 0 unspecified atom stereocenters. The van der Waals surface area contributed by atoms with Crippen molar-refractivity contribution in [3.63, 3.8) is 0 Å². The zero-order valence-electron chi connectivity index (χ0n) is 14.4. The number of hydrogen-bond donors (Lipinski definition) is 3. The lowest BCUT2D eigenvalue weighted by Crippen LogP contribution is -2.36. The number of benzene rings is 1. The van der Waals surface area contributed by atoms with Crippen molar-refractivity contribution in [1.29, 1.82) is 0 Å². The molecule has 1 aliphatic carbocycles. The number of hydrogen-bond acceptors (Lipinski definition) is 3. The molecule has 1 saturated carbocycles. The van der Waals surface area contributed by atoms with Gasteiger partial charge in [0, 0.05) is 30.1 Å². The van der Waals surface area contributed by atoms with E-state index in [9.17, 15) is 14.4 Å². The minimum Gasteiger partial charge on any atom is -0.481 e. The molecule has 2 amide bonds. The van der Waals surface area contributed by atoms with Crippen LogP contribution < -0.4 is 10.6 Å². The Hall–Kier alpha value is -2.37. The number of aliphatic carboxylic acids is 1. The Bertz CT molecular complexity index is 592. The first-order chi connectivity index (χ1) is 12.0. The van der Waals surface area contributed by atoms with E-state index >= 15 is 0 Å².